The molecule has 1 aliphatic rings. The molecular formula is C11H18N2O2. The van der Waals surface area contributed by atoms with Gasteiger partial charge >= 0.3 is 0 Å². The van der Waals surface area contributed by atoms with E-state index in [4.69, 9.17) is 4.74 Å². The van der Waals surface area contributed by atoms with Crippen molar-refractivity contribution in [3.63, 3.8) is 0 Å². The van der Waals surface area contributed by atoms with Crippen LogP contribution in [0.3, 0.4) is 0 Å². The van der Waals surface area contributed by atoms with Gasteiger partial charge in [-0.15, -0.1) is 0 Å². The second-order valence-electron chi connectivity index (χ2n) is 4.42. The summed E-state index contributed by atoms with van der Waals surface area (Å²) < 4.78 is 7.05. The van der Waals surface area contributed by atoms with Gasteiger partial charge in [-0.1, -0.05) is 13.8 Å². The van der Waals surface area contributed by atoms with Crippen molar-refractivity contribution in [3.8, 4) is 0 Å². The number of hydrogen-bond acceptors (Lipinski definition) is 2. The average molecular weight is 210 g/mol. The van der Waals surface area contributed by atoms with Crippen molar-refractivity contribution < 1.29 is 4.74 Å². The van der Waals surface area contributed by atoms with Crippen LogP contribution in [0.25, 0.3) is 0 Å². The maximum atomic E-state index is 11.7. The third-order valence-corrected chi connectivity index (χ3v) is 2.94. The van der Waals surface area contributed by atoms with E-state index in [-0.39, 0.29) is 5.56 Å². The number of nitrogens with zero attached hydrogens (tertiary/aromatic N) is 1. The maximum Gasteiger partial charge on any atom is 0.266 e. The highest BCUT2D eigenvalue weighted by molar-refractivity contribution is 5.05. The van der Waals surface area contributed by atoms with Gasteiger partial charge in [0.25, 0.3) is 5.56 Å². The molecule has 1 aromatic heterocycles. The summed E-state index contributed by atoms with van der Waals surface area (Å²) in [6.07, 6.45) is 1.86. The van der Waals surface area contributed by atoms with Gasteiger partial charge in [-0.05, 0) is 18.8 Å². The van der Waals surface area contributed by atoms with Crippen LogP contribution >= 0.6 is 0 Å². The Morgan fingerprint density at radius 3 is 2.67 bits per heavy atom. The standard InChI is InChI=1S/C11H18N2O2/c1-8(2)10-7-11(14)13(12-10)9-3-5-15-6-4-9/h7-9,12H,3-6H2,1-2H3. The summed E-state index contributed by atoms with van der Waals surface area (Å²) in [5.41, 5.74) is 1.11. The van der Waals surface area contributed by atoms with Crippen LogP contribution in [0.15, 0.2) is 10.9 Å². The van der Waals surface area contributed by atoms with Crippen molar-refractivity contribution in [1.29, 1.82) is 0 Å². The number of hydrogen-bond donors (Lipinski definition) is 1. The Morgan fingerprint density at radius 2 is 2.13 bits per heavy atom. The van der Waals surface area contributed by atoms with E-state index >= 15 is 0 Å². The van der Waals surface area contributed by atoms with Crippen LogP contribution in [0, 0.1) is 0 Å². The van der Waals surface area contributed by atoms with E-state index in [2.05, 4.69) is 18.9 Å². The molecule has 0 aromatic carbocycles. The van der Waals surface area contributed by atoms with Gasteiger partial charge in [-0.25, -0.2) is 4.68 Å². The van der Waals surface area contributed by atoms with Crippen molar-refractivity contribution in [1.82, 2.24) is 9.78 Å². The highest BCUT2D eigenvalue weighted by Crippen LogP contribution is 2.19. The smallest absolute Gasteiger partial charge is 0.266 e. The molecule has 0 unspecified atom stereocenters. The normalized spacial score (nSPS) is 18.6. The first kappa shape index (κ1) is 10.5. The molecular weight excluding hydrogens is 192 g/mol. The van der Waals surface area contributed by atoms with Crippen molar-refractivity contribution in [3.05, 3.63) is 22.1 Å². The molecule has 0 bridgehead atoms. The number of H-pyrrole nitrogens is 1. The topological polar surface area (TPSA) is 47.0 Å². The highest BCUT2D eigenvalue weighted by Gasteiger charge is 2.18. The number of aromatic nitrogens is 2. The fraction of sp³-hybridized carbons (Fsp3) is 0.727. The molecule has 0 saturated carbocycles. The van der Waals surface area contributed by atoms with E-state index in [1.807, 2.05) is 0 Å². The fourth-order valence-corrected chi connectivity index (χ4v) is 1.94. The second-order valence-corrected chi connectivity index (χ2v) is 4.42. The minimum Gasteiger partial charge on any atom is -0.381 e. The molecule has 4 nitrogen and oxygen atoms in total. The second kappa shape index (κ2) is 4.23. The first-order valence-electron chi connectivity index (χ1n) is 5.57. The molecule has 0 spiro atoms. The van der Waals surface area contributed by atoms with Crippen LogP contribution in [-0.2, 0) is 4.74 Å². The van der Waals surface area contributed by atoms with Crippen molar-refractivity contribution >= 4 is 0 Å². The molecule has 15 heavy (non-hydrogen) atoms. The Balaban J connectivity index is 2.23. The SMILES string of the molecule is CC(C)c1cc(=O)n(C2CCOCC2)[nH]1. The Kier molecular flexibility index (Phi) is 2.95. The number of ether oxygens (including phenoxy) is 1. The summed E-state index contributed by atoms with van der Waals surface area (Å²) >= 11 is 0. The summed E-state index contributed by atoms with van der Waals surface area (Å²) in [6, 6.07) is 2.00. The molecule has 1 N–H and O–H groups in total. The van der Waals surface area contributed by atoms with E-state index in [0.717, 1.165) is 31.7 Å². The molecule has 0 amide bonds. The molecule has 84 valence electrons. The maximum absolute atomic E-state index is 11.7. The van der Waals surface area contributed by atoms with Gasteiger partial charge in [0, 0.05) is 25.0 Å². The first-order chi connectivity index (χ1) is 7.18. The monoisotopic (exact) mass is 210 g/mol. The predicted octanol–water partition coefficient (Wildman–Crippen LogP) is 1.65. The Hall–Kier alpha value is -1.03. The molecule has 4 heteroatoms. The third-order valence-electron chi connectivity index (χ3n) is 2.94. The van der Waals surface area contributed by atoms with E-state index in [0.29, 0.717) is 12.0 Å². The quantitative estimate of drug-likeness (QED) is 0.806. The largest absolute Gasteiger partial charge is 0.381 e. The molecule has 1 saturated heterocycles. The summed E-state index contributed by atoms with van der Waals surface area (Å²) in [5, 5.41) is 3.20. The number of nitrogens with one attached hydrogen (secondary N) is 1. The van der Waals surface area contributed by atoms with E-state index in [1.165, 1.54) is 0 Å². The van der Waals surface area contributed by atoms with Crippen molar-refractivity contribution in [2.45, 2.75) is 38.6 Å². The lowest BCUT2D eigenvalue weighted by Crippen LogP contribution is -2.27. The van der Waals surface area contributed by atoms with Crippen LogP contribution in [0.4, 0.5) is 0 Å². The number of rotatable bonds is 2. The van der Waals surface area contributed by atoms with Crippen LogP contribution < -0.4 is 5.56 Å². The summed E-state index contributed by atoms with van der Waals surface area (Å²) in [7, 11) is 0. The summed E-state index contributed by atoms with van der Waals surface area (Å²) in [4.78, 5) is 11.7. The number of aromatic amines is 1. The van der Waals surface area contributed by atoms with Crippen molar-refractivity contribution in [2.75, 3.05) is 13.2 Å². The van der Waals surface area contributed by atoms with Crippen molar-refractivity contribution in [2.24, 2.45) is 0 Å². The van der Waals surface area contributed by atoms with Gasteiger partial charge in [-0.3, -0.25) is 9.89 Å². The lowest BCUT2D eigenvalue weighted by Gasteiger charge is -2.22. The molecule has 1 aliphatic heterocycles. The zero-order valence-corrected chi connectivity index (χ0v) is 9.32. The van der Waals surface area contributed by atoms with Gasteiger partial charge in [0.1, 0.15) is 0 Å². The Morgan fingerprint density at radius 1 is 1.47 bits per heavy atom. The average Bonchev–Trinajstić information content (AvgIpc) is 2.62. The minimum atomic E-state index is 0.0885. The minimum absolute atomic E-state index is 0.0885. The van der Waals surface area contributed by atoms with Crippen LogP contribution in [0.5, 0.6) is 0 Å². The van der Waals surface area contributed by atoms with E-state index in [1.54, 1.807) is 10.7 Å². The lowest BCUT2D eigenvalue weighted by molar-refractivity contribution is 0.0652. The van der Waals surface area contributed by atoms with Crippen LogP contribution in [0.1, 0.15) is 44.3 Å². The van der Waals surface area contributed by atoms with Gasteiger partial charge < -0.3 is 4.74 Å². The molecule has 2 rings (SSSR count). The van der Waals surface area contributed by atoms with Gasteiger partial charge in [0.2, 0.25) is 0 Å². The Bertz CT molecular complexity index is 372. The van der Waals surface area contributed by atoms with E-state index in [9.17, 15) is 4.79 Å². The zero-order chi connectivity index (χ0) is 10.8. The molecule has 0 radical (unpaired) electrons. The lowest BCUT2D eigenvalue weighted by atomic mass is 10.1. The Labute approximate surface area is 89.2 Å². The van der Waals surface area contributed by atoms with Crippen LogP contribution in [-0.4, -0.2) is 23.0 Å². The van der Waals surface area contributed by atoms with E-state index < -0.39 is 0 Å². The summed E-state index contributed by atoms with van der Waals surface area (Å²) in [6.45, 7) is 5.68. The van der Waals surface area contributed by atoms with Gasteiger partial charge in [-0.2, -0.15) is 0 Å². The summed E-state index contributed by atoms with van der Waals surface area (Å²) in [5.74, 6) is 0.374. The fourth-order valence-electron chi connectivity index (χ4n) is 1.94. The van der Waals surface area contributed by atoms with Crippen LogP contribution in [0.2, 0.25) is 0 Å². The third kappa shape index (κ3) is 2.15. The molecule has 2 heterocycles. The predicted molar refractivity (Wildman–Crippen MR) is 58.2 cm³/mol. The molecule has 0 aliphatic carbocycles. The molecule has 1 aromatic rings. The van der Waals surface area contributed by atoms with Gasteiger partial charge in [0.05, 0.1) is 6.04 Å². The first-order valence-corrected chi connectivity index (χ1v) is 5.57. The molecule has 1 fully saturated rings. The molecule has 0 atom stereocenters. The van der Waals surface area contributed by atoms with Gasteiger partial charge in [0.15, 0.2) is 0 Å². The highest BCUT2D eigenvalue weighted by atomic mass is 16.5. The zero-order valence-electron chi connectivity index (χ0n) is 9.32.